The van der Waals surface area contributed by atoms with E-state index in [1.807, 2.05) is 49.6 Å². The molecule has 0 aliphatic rings. The van der Waals surface area contributed by atoms with Gasteiger partial charge in [0.05, 0.1) is 0 Å². The van der Waals surface area contributed by atoms with E-state index in [1.54, 1.807) is 4.57 Å². The number of pyridine rings is 1. The molecular formula is C26H28FN2OS+. The molecule has 0 aliphatic heterocycles. The van der Waals surface area contributed by atoms with Gasteiger partial charge in [-0.15, -0.1) is 0 Å². The van der Waals surface area contributed by atoms with Gasteiger partial charge in [0.15, 0.2) is 23.1 Å². The van der Waals surface area contributed by atoms with Crippen molar-refractivity contribution in [1.82, 2.24) is 0 Å². The molecule has 2 aromatic carbocycles. The zero-order chi connectivity index (χ0) is 22.8. The number of benzene rings is 2. The fourth-order valence-corrected chi connectivity index (χ4v) is 3.50. The van der Waals surface area contributed by atoms with Crippen molar-refractivity contribution in [2.24, 2.45) is 0 Å². The number of aliphatic hydroxyl groups is 1. The molecule has 0 radical (unpaired) electrons. The van der Waals surface area contributed by atoms with E-state index in [4.69, 9.17) is 12.2 Å². The van der Waals surface area contributed by atoms with Gasteiger partial charge in [-0.2, -0.15) is 4.57 Å². The molecule has 31 heavy (non-hydrogen) atoms. The van der Waals surface area contributed by atoms with Crippen LogP contribution in [0.1, 0.15) is 43.0 Å². The molecule has 0 bridgehead atoms. The van der Waals surface area contributed by atoms with Crippen molar-refractivity contribution < 1.29 is 14.1 Å². The molecule has 0 saturated heterocycles. The zero-order valence-electron chi connectivity index (χ0n) is 18.5. The van der Waals surface area contributed by atoms with Crippen LogP contribution in [0.2, 0.25) is 0 Å². The molecule has 0 atom stereocenters. The molecule has 0 unspecified atom stereocenters. The lowest BCUT2D eigenvalue weighted by Crippen LogP contribution is -2.39. The van der Waals surface area contributed by atoms with Crippen molar-refractivity contribution in [2.75, 3.05) is 5.32 Å². The third-order valence-electron chi connectivity index (χ3n) is 5.28. The normalized spacial score (nSPS) is 12.3. The van der Waals surface area contributed by atoms with E-state index >= 15 is 0 Å². The van der Waals surface area contributed by atoms with E-state index in [0.29, 0.717) is 16.2 Å². The summed E-state index contributed by atoms with van der Waals surface area (Å²) in [5.41, 5.74) is 5.23. The Kier molecular flexibility index (Phi) is 6.56. The zero-order valence-corrected chi connectivity index (χ0v) is 19.3. The maximum atomic E-state index is 13.4. The molecule has 2 N–H and O–H groups in total. The summed E-state index contributed by atoms with van der Waals surface area (Å²) in [4.78, 5) is 0.360. The van der Waals surface area contributed by atoms with E-state index in [9.17, 15) is 9.50 Å². The number of nitrogens with zero attached hydrogens (tertiary/aromatic N) is 1. The maximum absolute atomic E-state index is 13.4. The Labute approximate surface area is 188 Å². The summed E-state index contributed by atoms with van der Waals surface area (Å²) >= 11 is 5.70. The van der Waals surface area contributed by atoms with E-state index in [-0.39, 0.29) is 17.0 Å². The highest BCUT2D eigenvalue weighted by Crippen LogP contribution is 2.23. The van der Waals surface area contributed by atoms with Crippen LogP contribution in [0.3, 0.4) is 0 Å². The Bertz CT molecular complexity index is 1130. The van der Waals surface area contributed by atoms with Crippen molar-refractivity contribution in [3.8, 4) is 0 Å². The number of hydrogen-bond donors (Lipinski definition) is 2. The largest absolute Gasteiger partial charge is 0.502 e. The smallest absolute Gasteiger partial charge is 0.288 e. The second kappa shape index (κ2) is 8.98. The number of halogens is 1. The molecule has 0 aliphatic carbocycles. The number of rotatable bonds is 4. The first kappa shape index (κ1) is 22.6. The molecule has 160 valence electrons. The van der Waals surface area contributed by atoms with E-state index in [1.165, 1.54) is 29.8 Å². The molecule has 3 rings (SSSR count). The number of thiocarbonyl (C=S) groups is 1. The minimum absolute atomic E-state index is 0.000152. The van der Waals surface area contributed by atoms with E-state index in [0.717, 1.165) is 16.8 Å². The summed E-state index contributed by atoms with van der Waals surface area (Å²) in [6.45, 7) is 10.5. The first-order valence-electron chi connectivity index (χ1n) is 10.2. The van der Waals surface area contributed by atoms with Crippen LogP contribution in [0.15, 0.2) is 67.0 Å². The first-order valence-corrected chi connectivity index (χ1v) is 10.6. The molecule has 5 heteroatoms. The number of aryl methyl sites for hydroxylation is 2. The van der Waals surface area contributed by atoms with Crippen LogP contribution in [0.4, 0.5) is 10.1 Å². The van der Waals surface area contributed by atoms with Gasteiger partial charge in [-0.1, -0.05) is 39.1 Å². The quantitative estimate of drug-likeness (QED) is 0.217. The van der Waals surface area contributed by atoms with Gasteiger partial charge in [-0.05, 0) is 72.4 Å². The third-order valence-corrected chi connectivity index (χ3v) is 5.57. The number of anilines is 1. The number of nitrogens with one attached hydrogen (secondary N) is 1. The van der Waals surface area contributed by atoms with Gasteiger partial charge in [-0.3, -0.25) is 0 Å². The highest BCUT2D eigenvalue weighted by Gasteiger charge is 2.25. The molecule has 0 fully saturated rings. The van der Waals surface area contributed by atoms with Crippen LogP contribution in [-0.4, -0.2) is 10.1 Å². The van der Waals surface area contributed by atoms with Gasteiger partial charge >= 0.3 is 0 Å². The van der Waals surface area contributed by atoms with Crippen molar-refractivity contribution in [2.45, 2.75) is 40.0 Å². The number of aromatic nitrogens is 1. The molecule has 1 aromatic heterocycles. The van der Waals surface area contributed by atoms with Crippen molar-refractivity contribution in [1.29, 1.82) is 0 Å². The van der Waals surface area contributed by atoms with Crippen LogP contribution in [0, 0.1) is 19.7 Å². The third kappa shape index (κ3) is 5.36. The standard InChI is InChI=1S/C26H27FN2OS/c1-17-6-11-22(16-18(17)2)28-25(31)23(24(30)19-7-9-21(27)10-8-19)29-14-12-20(13-15-29)26(3,4)5/h6-16H,1-5H3,(H-,28,30,31)/p+1. The predicted octanol–water partition coefficient (Wildman–Crippen LogP) is 6.35. The second-order valence-corrected chi connectivity index (χ2v) is 9.11. The van der Waals surface area contributed by atoms with Gasteiger partial charge in [0, 0.05) is 23.4 Å². The lowest BCUT2D eigenvalue weighted by Gasteiger charge is -2.18. The fraction of sp³-hybridized carbons (Fsp3) is 0.231. The summed E-state index contributed by atoms with van der Waals surface area (Å²) in [5.74, 6) is -0.397. The van der Waals surface area contributed by atoms with E-state index < -0.39 is 0 Å². The summed E-state index contributed by atoms with van der Waals surface area (Å²) in [6, 6.07) is 15.7. The highest BCUT2D eigenvalue weighted by atomic mass is 32.1. The van der Waals surface area contributed by atoms with Gasteiger partial charge in [0.1, 0.15) is 5.82 Å². The second-order valence-electron chi connectivity index (χ2n) is 8.70. The highest BCUT2D eigenvalue weighted by molar-refractivity contribution is 7.81. The molecule has 0 spiro atoms. The molecule has 3 aromatic rings. The van der Waals surface area contributed by atoms with Crippen LogP contribution in [-0.2, 0) is 5.41 Å². The lowest BCUT2D eigenvalue weighted by molar-refractivity contribution is -0.575. The van der Waals surface area contributed by atoms with Gasteiger partial charge in [0.25, 0.3) is 5.70 Å². The average molecular weight is 436 g/mol. The molecular weight excluding hydrogens is 407 g/mol. The van der Waals surface area contributed by atoms with Crippen molar-refractivity contribution in [3.05, 3.63) is 95.1 Å². The maximum Gasteiger partial charge on any atom is 0.288 e. The van der Waals surface area contributed by atoms with Crippen LogP contribution >= 0.6 is 12.2 Å². The van der Waals surface area contributed by atoms with Crippen LogP contribution in [0.25, 0.3) is 11.5 Å². The molecule has 0 amide bonds. The average Bonchev–Trinajstić information content (AvgIpc) is 2.71. The van der Waals surface area contributed by atoms with Crippen LogP contribution < -0.4 is 9.88 Å². The molecule has 0 saturated carbocycles. The summed E-state index contributed by atoms with van der Waals surface area (Å²) in [7, 11) is 0. The Morgan fingerprint density at radius 2 is 1.55 bits per heavy atom. The first-order chi connectivity index (χ1) is 14.6. The predicted molar refractivity (Wildman–Crippen MR) is 130 cm³/mol. The monoisotopic (exact) mass is 435 g/mol. The minimum atomic E-state index is -0.365. The summed E-state index contributed by atoms with van der Waals surface area (Å²) < 4.78 is 15.2. The Balaban J connectivity index is 2.07. The fourth-order valence-electron chi connectivity index (χ4n) is 3.18. The summed E-state index contributed by atoms with van der Waals surface area (Å²) in [6.07, 6.45) is 3.76. The Morgan fingerprint density at radius 1 is 0.935 bits per heavy atom. The number of hydrogen-bond acceptors (Lipinski definition) is 2. The number of aliphatic hydroxyl groups excluding tert-OH is 1. The van der Waals surface area contributed by atoms with Gasteiger partial charge in [-0.25, -0.2) is 4.39 Å². The lowest BCUT2D eigenvalue weighted by atomic mass is 9.88. The van der Waals surface area contributed by atoms with Gasteiger partial charge < -0.3 is 10.4 Å². The van der Waals surface area contributed by atoms with Crippen LogP contribution in [0.5, 0.6) is 0 Å². The topological polar surface area (TPSA) is 36.1 Å². The Hall–Kier alpha value is -3.05. The van der Waals surface area contributed by atoms with Crippen molar-refractivity contribution >= 4 is 34.3 Å². The molecule has 1 heterocycles. The van der Waals surface area contributed by atoms with E-state index in [2.05, 4.69) is 33.0 Å². The van der Waals surface area contributed by atoms with Crippen molar-refractivity contribution in [3.63, 3.8) is 0 Å². The molecule has 3 nitrogen and oxygen atoms in total. The summed E-state index contributed by atoms with van der Waals surface area (Å²) in [5, 5.41) is 14.3. The SMILES string of the molecule is Cc1ccc(NC(=S)/C(=C(\O)c2ccc(F)cc2)[n+]2ccc(C(C)(C)C)cc2)cc1C. The van der Waals surface area contributed by atoms with Gasteiger partial charge in [0.2, 0.25) is 0 Å². The minimum Gasteiger partial charge on any atom is -0.502 e. The Morgan fingerprint density at radius 3 is 2.10 bits per heavy atom.